The smallest absolute Gasteiger partial charge is 0.238 e. The summed E-state index contributed by atoms with van der Waals surface area (Å²) in [5, 5.41) is 2.88. The third kappa shape index (κ3) is 4.89. The van der Waals surface area contributed by atoms with Crippen LogP contribution in [0.25, 0.3) is 0 Å². The molecule has 158 valence electrons. The standard InChI is InChI=1S/C24H29N3O3/c1-16-8-10-20(11-9-16)25-23(28)15-26(5)19(4)24(29)22-13-17(2)27(18(22)3)14-21-7-6-12-30-21/h6-13,19H,14-15H2,1-5H3,(H,25,28)/t19-/m1/s1. The number of carbonyl (C=O) groups excluding carboxylic acids is 2. The van der Waals surface area contributed by atoms with Crippen molar-refractivity contribution in [1.82, 2.24) is 9.47 Å². The van der Waals surface area contributed by atoms with Gasteiger partial charge in [-0.15, -0.1) is 0 Å². The number of benzene rings is 1. The maximum atomic E-state index is 13.1. The van der Waals surface area contributed by atoms with E-state index < -0.39 is 6.04 Å². The van der Waals surface area contributed by atoms with E-state index in [2.05, 4.69) is 9.88 Å². The minimum Gasteiger partial charge on any atom is -0.467 e. The Kier molecular flexibility index (Phi) is 6.57. The van der Waals surface area contributed by atoms with Gasteiger partial charge in [-0.25, -0.2) is 0 Å². The van der Waals surface area contributed by atoms with E-state index in [9.17, 15) is 9.59 Å². The van der Waals surface area contributed by atoms with Gasteiger partial charge in [-0.05, 0) is 65.1 Å². The number of Topliss-reactive ketones (excluding diaryl/α,β-unsaturated/α-hetero) is 1. The number of furan rings is 1. The van der Waals surface area contributed by atoms with Gasteiger partial charge in [-0.2, -0.15) is 0 Å². The number of hydrogen-bond acceptors (Lipinski definition) is 4. The van der Waals surface area contributed by atoms with E-state index in [1.54, 1.807) is 18.2 Å². The Morgan fingerprint density at radius 3 is 2.47 bits per heavy atom. The number of hydrogen-bond donors (Lipinski definition) is 1. The predicted molar refractivity (Wildman–Crippen MR) is 118 cm³/mol. The van der Waals surface area contributed by atoms with Crippen molar-refractivity contribution in [2.24, 2.45) is 0 Å². The molecular formula is C24H29N3O3. The molecular weight excluding hydrogens is 378 g/mol. The molecule has 3 aromatic rings. The molecule has 0 aliphatic heterocycles. The topological polar surface area (TPSA) is 67.5 Å². The monoisotopic (exact) mass is 407 g/mol. The number of amides is 1. The molecule has 1 atom stereocenters. The summed E-state index contributed by atoms with van der Waals surface area (Å²) in [6.45, 7) is 8.47. The van der Waals surface area contributed by atoms with Gasteiger partial charge < -0.3 is 14.3 Å². The maximum Gasteiger partial charge on any atom is 0.238 e. The Hall–Kier alpha value is -3.12. The van der Waals surface area contributed by atoms with E-state index in [4.69, 9.17) is 4.42 Å². The highest BCUT2D eigenvalue weighted by Gasteiger charge is 2.25. The van der Waals surface area contributed by atoms with Gasteiger partial charge in [0, 0.05) is 22.6 Å². The lowest BCUT2D eigenvalue weighted by molar-refractivity contribution is -0.117. The lowest BCUT2D eigenvalue weighted by Gasteiger charge is -2.23. The van der Waals surface area contributed by atoms with Crippen LogP contribution in [0.5, 0.6) is 0 Å². The van der Waals surface area contributed by atoms with E-state index >= 15 is 0 Å². The molecule has 3 rings (SSSR count). The molecule has 6 nitrogen and oxygen atoms in total. The minimum absolute atomic E-state index is 0.000527. The third-order valence-corrected chi connectivity index (χ3v) is 5.50. The van der Waals surface area contributed by atoms with Crippen molar-refractivity contribution in [1.29, 1.82) is 0 Å². The first-order valence-electron chi connectivity index (χ1n) is 10.1. The van der Waals surface area contributed by atoms with Crippen LogP contribution in [0.2, 0.25) is 0 Å². The van der Waals surface area contributed by atoms with Crippen molar-refractivity contribution in [2.45, 2.75) is 40.3 Å². The van der Waals surface area contributed by atoms with Gasteiger partial charge in [-0.1, -0.05) is 17.7 Å². The zero-order chi connectivity index (χ0) is 21.8. The molecule has 30 heavy (non-hydrogen) atoms. The van der Waals surface area contributed by atoms with Gasteiger partial charge in [0.15, 0.2) is 5.78 Å². The van der Waals surface area contributed by atoms with Crippen molar-refractivity contribution in [3.8, 4) is 0 Å². The van der Waals surface area contributed by atoms with E-state index in [1.165, 1.54) is 0 Å². The van der Waals surface area contributed by atoms with Crippen LogP contribution in [-0.4, -0.2) is 40.8 Å². The van der Waals surface area contributed by atoms with Gasteiger partial charge in [0.1, 0.15) is 5.76 Å². The normalized spacial score (nSPS) is 12.2. The Morgan fingerprint density at radius 1 is 1.13 bits per heavy atom. The molecule has 1 aromatic carbocycles. The number of nitrogens with one attached hydrogen (secondary N) is 1. The number of aromatic nitrogens is 1. The number of likely N-dealkylation sites (N-methyl/N-ethyl adjacent to an activating group) is 1. The van der Waals surface area contributed by atoms with Crippen molar-refractivity contribution in [2.75, 3.05) is 18.9 Å². The predicted octanol–water partition coefficient (Wildman–Crippen LogP) is 4.20. The summed E-state index contributed by atoms with van der Waals surface area (Å²) >= 11 is 0. The second-order valence-electron chi connectivity index (χ2n) is 7.82. The molecule has 0 saturated carbocycles. The van der Waals surface area contributed by atoms with Gasteiger partial charge in [0.25, 0.3) is 0 Å². The van der Waals surface area contributed by atoms with Crippen molar-refractivity contribution in [3.63, 3.8) is 0 Å². The van der Waals surface area contributed by atoms with Gasteiger partial charge in [0.2, 0.25) is 5.91 Å². The molecule has 6 heteroatoms. The summed E-state index contributed by atoms with van der Waals surface area (Å²) in [4.78, 5) is 27.3. The number of carbonyl (C=O) groups is 2. The first-order valence-corrected chi connectivity index (χ1v) is 10.1. The van der Waals surface area contributed by atoms with Crippen LogP contribution in [0.15, 0.2) is 53.1 Å². The molecule has 1 amide bonds. The highest BCUT2D eigenvalue weighted by molar-refractivity contribution is 6.01. The molecule has 0 radical (unpaired) electrons. The number of aryl methyl sites for hydroxylation is 2. The third-order valence-electron chi connectivity index (χ3n) is 5.50. The van der Waals surface area contributed by atoms with Crippen LogP contribution >= 0.6 is 0 Å². The molecule has 0 fully saturated rings. The molecule has 1 N–H and O–H groups in total. The Labute approximate surface area is 177 Å². The Bertz CT molecular complexity index is 1020. The van der Waals surface area contributed by atoms with Crippen molar-refractivity contribution in [3.05, 3.63) is 77.0 Å². The zero-order valence-electron chi connectivity index (χ0n) is 18.2. The molecule has 0 bridgehead atoms. The van der Waals surface area contributed by atoms with Crippen LogP contribution in [-0.2, 0) is 11.3 Å². The highest BCUT2D eigenvalue weighted by atomic mass is 16.3. The van der Waals surface area contributed by atoms with E-state index in [-0.39, 0.29) is 18.2 Å². The molecule has 0 saturated heterocycles. The minimum atomic E-state index is -0.425. The van der Waals surface area contributed by atoms with E-state index in [0.29, 0.717) is 12.1 Å². The van der Waals surface area contributed by atoms with Crippen LogP contribution in [0.4, 0.5) is 5.69 Å². The lowest BCUT2D eigenvalue weighted by Crippen LogP contribution is -2.41. The second kappa shape index (κ2) is 9.13. The first-order chi connectivity index (χ1) is 14.3. The average molecular weight is 408 g/mol. The van der Waals surface area contributed by atoms with Crippen LogP contribution in [0.1, 0.15) is 40.0 Å². The first kappa shape index (κ1) is 21.6. The second-order valence-corrected chi connectivity index (χ2v) is 7.82. The molecule has 0 unspecified atom stereocenters. The summed E-state index contributed by atoms with van der Waals surface area (Å²) in [6.07, 6.45) is 1.65. The summed E-state index contributed by atoms with van der Waals surface area (Å²) in [7, 11) is 1.79. The summed E-state index contributed by atoms with van der Waals surface area (Å²) in [5.74, 6) is 0.692. The summed E-state index contributed by atoms with van der Waals surface area (Å²) in [6, 6.07) is 12.9. The molecule has 0 aliphatic carbocycles. The fourth-order valence-corrected chi connectivity index (χ4v) is 3.48. The zero-order valence-corrected chi connectivity index (χ0v) is 18.2. The molecule has 0 aliphatic rings. The average Bonchev–Trinajstić information content (AvgIpc) is 3.32. The fourth-order valence-electron chi connectivity index (χ4n) is 3.48. The van der Waals surface area contributed by atoms with E-state index in [0.717, 1.165) is 28.4 Å². The Balaban J connectivity index is 1.65. The van der Waals surface area contributed by atoms with E-state index in [1.807, 2.05) is 70.2 Å². The fraction of sp³-hybridized carbons (Fsp3) is 0.333. The number of anilines is 1. The molecule has 0 spiro atoms. The SMILES string of the molecule is Cc1ccc(NC(=O)CN(C)[C@H](C)C(=O)c2cc(C)n(Cc3ccco3)c2C)cc1. The number of rotatable bonds is 8. The van der Waals surface area contributed by atoms with Crippen molar-refractivity contribution < 1.29 is 14.0 Å². The van der Waals surface area contributed by atoms with Gasteiger partial charge in [-0.3, -0.25) is 14.5 Å². The largest absolute Gasteiger partial charge is 0.467 e. The number of ketones is 1. The summed E-state index contributed by atoms with van der Waals surface area (Å²) < 4.78 is 7.52. The molecule has 2 aromatic heterocycles. The van der Waals surface area contributed by atoms with Gasteiger partial charge >= 0.3 is 0 Å². The van der Waals surface area contributed by atoms with Gasteiger partial charge in [0.05, 0.1) is 25.4 Å². The maximum absolute atomic E-state index is 13.1. The Morgan fingerprint density at radius 2 is 1.83 bits per heavy atom. The lowest BCUT2D eigenvalue weighted by atomic mass is 10.0. The van der Waals surface area contributed by atoms with Crippen molar-refractivity contribution >= 4 is 17.4 Å². The number of nitrogens with zero attached hydrogens (tertiary/aromatic N) is 2. The summed E-state index contributed by atoms with van der Waals surface area (Å²) in [5.41, 5.74) is 4.46. The quantitative estimate of drug-likeness (QED) is 0.569. The van der Waals surface area contributed by atoms with Crippen LogP contribution in [0.3, 0.4) is 0 Å². The molecule has 2 heterocycles. The highest BCUT2D eigenvalue weighted by Crippen LogP contribution is 2.20. The van der Waals surface area contributed by atoms with Crippen LogP contribution < -0.4 is 5.32 Å². The van der Waals surface area contributed by atoms with Crippen LogP contribution in [0, 0.1) is 20.8 Å².